The molecule has 1 aromatic heterocycles. The molecule has 0 fully saturated rings. The number of hydrogen-bond acceptors (Lipinski definition) is 2. The molecule has 0 radical (unpaired) electrons. The molecule has 1 heterocycles. The SMILES string of the molecule is CCCc1c(CN)sc2cc3c(cc12)CCC3. The largest absolute Gasteiger partial charge is 0.326 e. The molecule has 1 aliphatic rings. The van der Waals surface area contributed by atoms with E-state index in [0.717, 1.165) is 0 Å². The lowest BCUT2D eigenvalue weighted by atomic mass is 10.0. The molecule has 1 aliphatic carbocycles. The number of benzene rings is 1. The third-order valence-corrected chi connectivity index (χ3v) is 4.99. The van der Waals surface area contributed by atoms with Crippen molar-refractivity contribution in [2.75, 3.05) is 0 Å². The standard InChI is InChI=1S/C15H19NS/c1-2-4-12-13-7-10-5-3-6-11(10)8-14(13)17-15(12)9-16/h7-8H,2-6,9,16H2,1H3. The van der Waals surface area contributed by atoms with Crippen molar-refractivity contribution < 1.29 is 0 Å². The van der Waals surface area contributed by atoms with Crippen LogP contribution in [-0.2, 0) is 25.8 Å². The van der Waals surface area contributed by atoms with Crippen LogP contribution in [0.3, 0.4) is 0 Å². The summed E-state index contributed by atoms with van der Waals surface area (Å²) in [6, 6.07) is 4.86. The highest BCUT2D eigenvalue weighted by molar-refractivity contribution is 7.19. The molecular weight excluding hydrogens is 226 g/mol. The van der Waals surface area contributed by atoms with Gasteiger partial charge in [0.25, 0.3) is 0 Å². The van der Waals surface area contributed by atoms with Crippen LogP contribution in [0.5, 0.6) is 0 Å². The molecular formula is C15H19NS. The topological polar surface area (TPSA) is 26.0 Å². The quantitative estimate of drug-likeness (QED) is 0.874. The van der Waals surface area contributed by atoms with Crippen LogP contribution < -0.4 is 5.73 Å². The summed E-state index contributed by atoms with van der Waals surface area (Å²) in [7, 11) is 0. The lowest BCUT2D eigenvalue weighted by Crippen LogP contribution is -1.97. The van der Waals surface area contributed by atoms with E-state index in [0.29, 0.717) is 6.54 Å². The first kappa shape index (κ1) is 11.2. The first-order chi connectivity index (χ1) is 8.33. The molecule has 0 saturated heterocycles. The third kappa shape index (κ3) is 1.80. The second-order valence-corrected chi connectivity index (χ2v) is 6.07. The molecule has 2 aromatic rings. The monoisotopic (exact) mass is 245 g/mol. The number of fused-ring (bicyclic) bond motifs is 2. The van der Waals surface area contributed by atoms with Crippen LogP contribution in [0.2, 0.25) is 0 Å². The van der Waals surface area contributed by atoms with Crippen LogP contribution in [0, 0.1) is 0 Å². The molecule has 17 heavy (non-hydrogen) atoms. The van der Waals surface area contributed by atoms with Gasteiger partial charge in [0, 0.05) is 16.1 Å². The maximum Gasteiger partial charge on any atom is 0.0351 e. The zero-order valence-corrected chi connectivity index (χ0v) is 11.2. The maximum absolute atomic E-state index is 5.88. The zero-order chi connectivity index (χ0) is 11.8. The summed E-state index contributed by atoms with van der Waals surface area (Å²) in [6.07, 6.45) is 6.25. The van der Waals surface area contributed by atoms with Gasteiger partial charge in [0.05, 0.1) is 0 Å². The van der Waals surface area contributed by atoms with Gasteiger partial charge in [0.2, 0.25) is 0 Å². The highest BCUT2D eigenvalue weighted by atomic mass is 32.1. The van der Waals surface area contributed by atoms with E-state index in [-0.39, 0.29) is 0 Å². The second-order valence-electron chi connectivity index (χ2n) is 4.93. The molecule has 3 rings (SSSR count). The van der Waals surface area contributed by atoms with Gasteiger partial charge in [-0.15, -0.1) is 11.3 Å². The summed E-state index contributed by atoms with van der Waals surface area (Å²) in [5.74, 6) is 0. The summed E-state index contributed by atoms with van der Waals surface area (Å²) in [5, 5.41) is 1.48. The van der Waals surface area contributed by atoms with Gasteiger partial charge in [-0.25, -0.2) is 0 Å². The van der Waals surface area contributed by atoms with E-state index in [1.807, 2.05) is 11.3 Å². The van der Waals surface area contributed by atoms with Crippen LogP contribution in [-0.4, -0.2) is 0 Å². The van der Waals surface area contributed by atoms with Crippen molar-refractivity contribution in [3.63, 3.8) is 0 Å². The molecule has 90 valence electrons. The molecule has 1 nitrogen and oxygen atoms in total. The van der Waals surface area contributed by atoms with Gasteiger partial charge in [-0.2, -0.15) is 0 Å². The maximum atomic E-state index is 5.88. The zero-order valence-electron chi connectivity index (χ0n) is 10.4. The minimum absolute atomic E-state index is 0.694. The normalized spacial score (nSPS) is 14.5. The van der Waals surface area contributed by atoms with Crippen molar-refractivity contribution >= 4 is 21.4 Å². The Bertz CT molecular complexity index is 554. The molecule has 2 heteroatoms. The Hall–Kier alpha value is -0.860. The second kappa shape index (κ2) is 4.43. The summed E-state index contributed by atoms with van der Waals surface area (Å²) in [5.41, 5.74) is 10.6. The molecule has 0 spiro atoms. The average Bonchev–Trinajstić information content (AvgIpc) is 2.91. The van der Waals surface area contributed by atoms with Gasteiger partial charge in [0.15, 0.2) is 0 Å². The predicted molar refractivity (Wildman–Crippen MR) is 75.7 cm³/mol. The first-order valence-corrected chi connectivity index (χ1v) is 7.41. The molecule has 2 N–H and O–H groups in total. The number of thiophene rings is 1. The van der Waals surface area contributed by atoms with Gasteiger partial charge in [-0.05, 0) is 59.9 Å². The minimum Gasteiger partial charge on any atom is -0.326 e. The van der Waals surface area contributed by atoms with Crippen molar-refractivity contribution in [1.82, 2.24) is 0 Å². The van der Waals surface area contributed by atoms with Crippen LogP contribution in [0.25, 0.3) is 10.1 Å². The van der Waals surface area contributed by atoms with E-state index in [2.05, 4.69) is 19.1 Å². The fourth-order valence-corrected chi connectivity index (χ4v) is 4.13. The summed E-state index contributed by atoms with van der Waals surface area (Å²) < 4.78 is 1.45. The fourth-order valence-electron chi connectivity index (χ4n) is 2.96. The fraction of sp³-hybridized carbons (Fsp3) is 0.467. The van der Waals surface area contributed by atoms with Gasteiger partial charge >= 0.3 is 0 Å². The average molecular weight is 245 g/mol. The molecule has 0 bridgehead atoms. The van der Waals surface area contributed by atoms with E-state index in [9.17, 15) is 0 Å². The molecule has 0 amide bonds. The number of nitrogens with two attached hydrogens (primary N) is 1. The van der Waals surface area contributed by atoms with Gasteiger partial charge < -0.3 is 5.73 Å². The smallest absolute Gasteiger partial charge is 0.0351 e. The van der Waals surface area contributed by atoms with Gasteiger partial charge in [0.1, 0.15) is 0 Å². The Balaban J connectivity index is 2.21. The minimum atomic E-state index is 0.694. The summed E-state index contributed by atoms with van der Waals surface area (Å²) in [6.45, 7) is 2.94. The number of aryl methyl sites for hydroxylation is 3. The highest BCUT2D eigenvalue weighted by Gasteiger charge is 2.16. The third-order valence-electron chi connectivity index (χ3n) is 3.77. The van der Waals surface area contributed by atoms with Crippen molar-refractivity contribution in [2.24, 2.45) is 5.73 Å². The Morgan fingerprint density at radius 1 is 1.24 bits per heavy atom. The summed E-state index contributed by atoms with van der Waals surface area (Å²) >= 11 is 1.90. The number of rotatable bonds is 3. The predicted octanol–water partition coefficient (Wildman–Crippen LogP) is 3.80. The van der Waals surface area contributed by atoms with E-state index < -0.39 is 0 Å². The molecule has 0 atom stereocenters. The van der Waals surface area contributed by atoms with Gasteiger partial charge in [-0.1, -0.05) is 13.3 Å². The van der Waals surface area contributed by atoms with Crippen molar-refractivity contribution in [2.45, 2.75) is 45.6 Å². The number of hydrogen-bond donors (Lipinski definition) is 1. The van der Waals surface area contributed by atoms with Crippen molar-refractivity contribution in [3.8, 4) is 0 Å². The van der Waals surface area contributed by atoms with E-state index >= 15 is 0 Å². The van der Waals surface area contributed by atoms with E-state index in [1.165, 1.54) is 52.6 Å². The van der Waals surface area contributed by atoms with E-state index in [4.69, 9.17) is 5.73 Å². The van der Waals surface area contributed by atoms with Crippen molar-refractivity contribution in [3.05, 3.63) is 33.7 Å². The Labute approximate surface area is 107 Å². The highest BCUT2D eigenvalue weighted by Crippen LogP contribution is 2.36. The van der Waals surface area contributed by atoms with Gasteiger partial charge in [-0.3, -0.25) is 0 Å². The Morgan fingerprint density at radius 3 is 2.71 bits per heavy atom. The molecule has 0 unspecified atom stereocenters. The molecule has 0 aliphatic heterocycles. The Kier molecular flexibility index (Phi) is 2.93. The lowest BCUT2D eigenvalue weighted by Gasteiger charge is -2.03. The van der Waals surface area contributed by atoms with Crippen LogP contribution in [0.4, 0.5) is 0 Å². The molecule has 0 saturated carbocycles. The van der Waals surface area contributed by atoms with E-state index in [1.54, 1.807) is 11.1 Å². The van der Waals surface area contributed by atoms with Crippen LogP contribution >= 0.6 is 11.3 Å². The Morgan fingerprint density at radius 2 is 2.00 bits per heavy atom. The van der Waals surface area contributed by atoms with Crippen molar-refractivity contribution in [1.29, 1.82) is 0 Å². The summed E-state index contributed by atoms with van der Waals surface area (Å²) in [4.78, 5) is 1.39. The lowest BCUT2D eigenvalue weighted by molar-refractivity contribution is 0.909. The first-order valence-electron chi connectivity index (χ1n) is 6.59. The van der Waals surface area contributed by atoms with Crippen LogP contribution in [0.1, 0.15) is 41.3 Å². The molecule has 1 aromatic carbocycles. The van der Waals surface area contributed by atoms with Crippen LogP contribution in [0.15, 0.2) is 12.1 Å².